The number of aromatic nitrogens is 5. The highest BCUT2D eigenvalue weighted by Gasteiger charge is 2.46. The fourth-order valence-electron chi connectivity index (χ4n) is 4.59. The third-order valence-electron chi connectivity index (χ3n) is 6.55. The second-order valence-electron chi connectivity index (χ2n) is 9.15. The van der Waals surface area contributed by atoms with Crippen LogP contribution in [0.4, 0.5) is 0 Å². The van der Waals surface area contributed by atoms with Crippen molar-refractivity contribution < 1.29 is 23.1 Å². The number of carboxylic acid groups (broad SMARTS) is 1. The first kappa shape index (κ1) is 26.1. The minimum absolute atomic E-state index is 0.0527. The van der Waals surface area contributed by atoms with Gasteiger partial charge >= 0.3 is 5.97 Å². The lowest BCUT2D eigenvalue weighted by Gasteiger charge is -2.19. The van der Waals surface area contributed by atoms with Crippen molar-refractivity contribution in [1.82, 2.24) is 29.1 Å². The first-order chi connectivity index (χ1) is 18.1. The van der Waals surface area contributed by atoms with Crippen LogP contribution in [0.3, 0.4) is 0 Å². The van der Waals surface area contributed by atoms with Gasteiger partial charge in [0.15, 0.2) is 0 Å². The second kappa shape index (κ2) is 9.97. The monoisotopic (exact) mass is 600 g/mol. The minimum Gasteiger partial charge on any atom is -0.495 e. The molecule has 11 nitrogen and oxygen atoms in total. The first-order valence-electron chi connectivity index (χ1n) is 11.7. The molecule has 0 amide bonds. The van der Waals surface area contributed by atoms with Crippen LogP contribution in [0.2, 0.25) is 0 Å². The summed E-state index contributed by atoms with van der Waals surface area (Å²) in [7, 11) is 0.841. The molecule has 0 radical (unpaired) electrons. The molecule has 2 atom stereocenters. The molecule has 2 aromatic heterocycles. The second-order valence-corrected chi connectivity index (χ2v) is 12.1. The Morgan fingerprint density at radius 1 is 1.24 bits per heavy atom. The summed E-state index contributed by atoms with van der Waals surface area (Å²) in [5.41, 5.74) is 2.88. The fourth-order valence-corrected chi connectivity index (χ4v) is 6.44. The number of aromatic carboxylic acids is 1. The summed E-state index contributed by atoms with van der Waals surface area (Å²) in [5, 5.41) is 22.4. The highest BCUT2D eigenvalue weighted by Crippen LogP contribution is 2.55. The number of hydrogen-bond donors (Lipinski definition) is 1. The van der Waals surface area contributed by atoms with Gasteiger partial charge in [-0.05, 0) is 42.3 Å². The van der Waals surface area contributed by atoms with Crippen LogP contribution in [-0.4, -0.2) is 62.7 Å². The molecule has 1 fully saturated rings. The molecule has 13 heteroatoms. The van der Waals surface area contributed by atoms with E-state index in [0.717, 1.165) is 12.1 Å². The van der Waals surface area contributed by atoms with Crippen molar-refractivity contribution in [2.24, 2.45) is 7.05 Å². The number of methoxy groups -OCH3 is 1. The van der Waals surface area contributed by atoms with E-state index in [0.29, 0.717) is 21.4 Å². The van der Waals surface area contributed by atoms with Crippen LogP contribution < -0.4 is 4.74 Å². The van der Waals surface area contributed by atoms with Crippen molar-refractivity contribution in [3.05, 3.63) is 81.8 Å². The number of hydrogen-bond acceptors (Lipinski definition) is 7. The molecule has 0 bridgehead atoms. The summed E-state index contributed by atoms with van der Waals surface area (Å²) < 4.78 is 37.1. The molecule has 1 aliphatic carbocycles. The molecule has 0 saturated heterocycles. The van der Waals surface area contributed by atoms with Crippen LogP contribution in [0.15, 0.2) is 64.2 Å². The molecule has 38 heavy (non-hydrogen) atoms. The van der Waals surface area contributed by atoms with E-state index in [1.165, 1.54) is 30.7 Å². The molecule has 198 valence electrons. The van der Waals surface area contributed by atoms with E-state index in [4.69, 9.17) is 4.74 Å². The van der Waals surface area contributed by atoms with Crippen molar-refractivity contribution in [1.29, 1.82) is 0 Å². The van der Waals surface area contributed by atoms with Crippen LogP contribution in [-0.2, 0) is 23.6 Å². The molecule has 0 aliphatic heterocycles. The number of benzene rings is 2. The molecule has 5 rings (SSSR count). The first-order valence-corrected chi connectivity index (χ1v) is 13.9. The van der Waals surface area contributed by atoms with Gasteiger partial charge in [0.25, 0.3) is 0 Å². The summed E-state index contributed by atoms with van der Waals surface area (Å²) in [6.07, 6.45) is 3.93. The number of nitrogens with zero attached hydrogens (tertiary/aromatic N) is 6. The number of sulfonamides is 1. The summed E-state index contributed by atoms with van der Waals surface area (Å²) in [6, 6.07) is 12.1. The Hall–Kier alpha value is -3.55. The van der Waals surface area contributed by atoms with Crippen molar-refractivity contribution in [2.75, 3.05) is 14.2 Å². The largest absolute Gasteiger partial charge is 0.495 e. The number of ether oxygens (including phenoxy) is 1. The quantitative estimate of drug-likeness (QED) is 0.308. The van der Waals surface area contributed by atoms with E-state index in [1.54, 1.807) is 34.6 Å². The molecular weight excluding hydrogens is 576 g/mol. The number of rotatable bonds is 9. The highest BCUT2D eigenvalue weighted by atomic mass is 79.9. The molecule has 1 N–H and O–H groups in total. The number of carbonyl (C=O) groups is 1. The Bertz CT molecular complexity index is 1630. The van der Waals surface area contributed by atoms with Gasteiger partial charge in [-0.1, -0.05) is 33.3 Å². The molecule has 0 unspecified atom stereocenters. The number of aryl methyl sites for hydroxylation is 1. The third kappa shape index (κ3) is 4.84. The smallest absolute Gasteiger partial charge is 0.339 e. The van der Waals surface area contributed by atoms with Crippen LogP contribution in [0.1, 0.15) is 45.6 Å². The summed E-state index contributed by atoms with van der Waals surface area (Å²) >= 11 is 3.33. The Kier molecular flexibility index (Phi) is 6.84. The standard InChI is InChI=1S/C25H25BrN6O5S/c1-30-14-21(28-29-30)18-11-19(18)24-20(25(33)34)12-27-32(24)17-6-4-5-15(9-17)13-31(2)38(35,36)23-10-16(26)7-8-22(23)37-3/h4-10,12,14,18-19H,11,13H2,1-3H3,(H,33,34)/t18-,19-/m1/s1. The maximum atomic E-state index is 13.4. The van der Waals surface area contributed by atoms with Gasteiger partial charge in [-0.3, -0.25) is 4.68 Å². The zero-order chi connectivity index (χ0) is 27.2. The number of carboxylic acids is 1. The minimum atomic E-state index is -3.87. The Balaban J connectivity index is 1.45. The van der Waals surface area contributed by atoms with Gasteiger partial charge in [-0.2, -0.15) is 9.40 Å². The van der Waals surface area contributed by atoms with E-state index in [2.05, 4.69) is 31.3 Å². The SMILES string of the molecule is COc1ccc(Br)cc1S(=O)(=O)N(C)Cc1cccc(-n2ncc(C(=O)O)c2[C@@H]2C[C@H]2c2cn(C)nn2)c1. The van der Waals surface area contributed by atoms with Gasteiger partial charge in [-0.15, -0.1) is 5.10 Å². The van der Waals surface area contributed by atoms with Gasteiger partial charge < -0.3 is 9.84 Å². The normalized spacial score (nSPS) is 17.1. The average molecular weight is 601 g/mol. The highest BCUT2D eigenvalue weighted by molar-refractivity contribution is 9.10. The summed E-state index contributed by atoms with van der Waals surface area (Å²) in [4.78, 5) is 12.1. The third-order valence-corrected chi connectivity index (χ3v) is 8.87. The molecule has 2 heterocycles. The van der Waals surface area contributed by atoms with Crippen LogP contribution in [0.5, 0.6) is 5.75 Å². The molecule has 0 spiro atoms. The predicted octanol–water partition coefficient (Wildman–Crippen LogP) is 3.56. The van der Waals surface area contributed by atoms with Crippen LogP contribution in [0.25, 0.3) is 5.69 Å². The molecular formula is C25H25BrN6O5S. The lowest BCUT2D eigenvalue weighted by molar-refractivity contribution is 0.0695. The van der Waals surface area contributed by atoms with Crippen LogP contribution in [0, 0.1) is 0 Å². The predicted molar refractivity (Wildman–Crippen MR) is 141 cm³/mol. The lowest BCUT2D eigenvalue weighted by atomic mass is 10.1. The average Bonchev–Trinajstić information content (AvgIpc) is 3.33. The topological polar surface area (TPSA) is 132 Å². The van der Waals surface area contributed by atoms with Crippen molar-refractivity contribution in [3.63, 3.8) is 0 Å². The van der Waals surface area contributed by atoms with Gasteiger partial charge in [0, 0.05) is 43.1 Å². The maximum absolute atomic E-state index is 13.4. The molecule has 1 saturated carbocycles. The van der Waals surface area contributed by atoms with Gasteiger partial charge in [-0.25, -0.2) is 17.9 Å². The van der Waals surface area contributed by atoms with Crippen LogP contribution >= 0.6 is 15.9 Å². The molecule has 4 aromatic rings. The summed E-state index contributed by atoms with van der Waals surface area (Å²) in [5.74, 6) is -0.827. The van der Waals surface area contributed by atoms with Gasteiger partial charge in [0.1, 0.15) is 16.2 Å². The molecule has 1 aliphatic rings. The van der Waals surface area contributed by atoms with E-state index < -0.39 is 16.0 Å². The van der Waals surface area contributed by atoms with E-state index >= 15 is 0 Å². The lowest BCUT2D eigenvalue weighted by Crippen LogP contribution is -2.27. The van der Waals surface area contributed by atoms with Crippen molar-refractivity contribution in [3.8, 4) is 11.4 Å². The Labute approximate surface area is 227 Å². The summed E-state index contributed by atoms with van der Waals surface area (Å²) in [6.45, 7) is 0.0832. The zero-order valence-corrected chi connectivity index (χ0v) is 23.2. The number of halogens is 1. The van der Waals surface area contributed by atoms with Crippen molar-refractivity contribution in [2.45, 2.75) is 29.7 Å². The van der Waals surface area contributed by atoms with Gasteiger partial charge in [0.05, 0.1) is 30.4 Å². The maximum Gasteiger partial charge on any atom is 0.339 e. The Morgan fingerprint density at radius 3 is 2.71 bits per heavy atom. The Morgan fingerprint density at radius 2 is 2.03 bits per heavy atom. The zero-order valence-electron chi connectivity index (χ0n) is 20.8. The molecule has 2 aromatic carbocycles. The van der Waals surface area contributed by atoms with E-state index in [9.17, 15) is 18.3 Å². The van der Waals surface area contributed by atoms with E-state index in [1.807, 2.05) is 24.4 Å². The van der Waals surface area contributed by atoms with E-state index in [-0.39, 0.29) is 34.6 Å². The van der Waals surface area contributed by atoms with Crippen molar-refractivity contribution >= 4 is 31.9 Å². The fraction of sp³-hybridized carbons (Fsp3) is 0.280. The van der Waals surface area contributed by atoms with Gasteiger partial charge in [0.2, 0.25) is 10.0 Å².